The van der Waals surface area contributed by atoms with Gasteiger partial charge in [0, 0.05) is 49.8 Å². The van der Waals surface area contributed by atoms with E-state index in [1.807, 2.05) is 12.1 Å². The Morgan fingerprint density at radius 1 is 0.700 bits per heavy atom. The normalized spacial score (nSPS) is 12.5. The summed E-state index contributed by atoms with van der Waals surface area (Å²) in [5.74, 6) is 1.88. The van der Waals surface area contributed by atoms with Crippen molar-refractivity contribution in [1.29, 1.82) is 0 Å². The topological polar surface area (TPSA) is 18.1 Å². The van der Waals surface area contributed by atoms with E-state index in [-0.39, 0.29) is 0 Å². The van der Waals surface area contributed by atoms with Gasteiger partial charge in [-0.3, -0.25) is 0 Å². The highest BCUT2D eigenvalue weighted by molar-refractivity contribution is 6.18. The lowest BCUT2D eigenvalue weighted by atomic mass is 9.89. The Morgan fingerprint density at radius 2 is 1.50 bits per heavy atom. The van der Waals surface area contributed by atoms with Gasteiger partial charge in [0.25, 0.3) is 0 Å². The van der Waals surface area contributed by atoms with Crippen molar-refractivity contribution < 1.29 is 4.42 Å². The van der Waals surface area contributed by atoms with E-state index in [0.717, 1.165) is 57.8 Å². The summed E-state index contributed by atoms with van der Waals surface area (Å²) in [7, 11) is 0. The zero-order valence-corrected chi connectivity index (χ0v) is 21.9. The molecule has 5 aromatic carbocycles. The average Bonchev–Trinajstić information content (AvgIpc) is 3.58. The van der Waals surface area contributed by atoms with Crippen molar-refractivity contribution in [3.8, 4) is 39.5 Å². The molecule has 2 nitrogen and oxygen atoms in total. The van der Waals surface area contributed by atoms with Crippen molar-refractivity contribution in [1.82, 2.24) is 4.57 Å². The van der Waals surface area contributed by atoms with Crippen LogP contribution in [0.2, 0.25) is 0 Å². The van der Waals surface area contributed by atoms with Crippen molar-refractivity contribution in [3.05, 3.63) is 145 Å². The number of benzene rings is 4. The van der Waals surface area contributed by atoms with Gasteiger partial charge in [-0.25, -0.2) is 0 Å². The first-order valence-corrected chi connectivity index (χ1v) is 13.8. The second-order valence-electron chi connectivity index (χ2n) is 10.2. The zero-order chi connectivity index (χ0) is 26.5. The number of aromatic nitrogens is 1. The first-order valence-electron chi connectivity index (χ1n) is 13.8. The number of furan rings is 1. The molecule has 2 heterocycles. The SMILES string of the molecule is c1cccc(-c2ccc3c(c2-c2oc(-c4ccccc4)c4c2CCC=C4)c2ccccc2n3-c2ccccc2)c#1. The number of para-hydroxylation sites is 2. The van der Waals surface area contributed by atoms with Crippen LogP contribution in [0.25, 0.3) is 67.3 Å². The Morgan fingerprint density at radius 3 is 2.33 bits per heavy atom. The Kier molecular flexibility index (Phi) is 5.21. The molecule has 0 aliphatic heterocycles. The first-order chi connectivity index (χ1) is 19.9. The van der Waals surface area contributed by atoms with Crippen molar-refractivity contribution in [2.75, 3.05) is 0 Å². The summed E-state index contributed by atoms with van der Waals surface area (Å²) in [6.07, 6.45) is 6.44. The summed E-state index contributed by atoms with van der Waals surface area (Å²) >= 11 is 0. The lowest BCUT2D eigenvalue weighted by Crippen LogP contribution is -1.96. The lowest BCUT2D eigenvalue weighted by molar-refractivity contribution is 0.595. The highest BCUT2D eigenvalue weighted by Crippen LogP contribution is 2.48. The van der Waals surface area contributed by atoms with Crippen molar-refractivity contribution in [2.24, 2.45) is 0 Å². The predicted molar refractivity (Wildman–Crippen MR) is 164 cm³/mol. The number of hydrogen-bond donors (Lipinski definition) is 0. The Bertz CT molecular complexity index is 2030. The number of fused-ring (bicyclic) bond motifs is 4. The van der Waals surface area contributed by atoms with Crippen LogP contribution in [0.15, 0.2) is 126 Å². The fraction of sp³-hybridized carbons (Fsp3) is 0.0526. The molecular formula is C38H25NO. The standard InChI is InChI=1S/C38H25NO/c1-4-14-26(15-5-1)29-24-25-34-35(32-22-12-13-23-33(32)39(34)28-18-8-3-9-19-28)36(29)38-31-21-11-10-20-30(31)37(40-38)27-16-6-2-7-17-27/h1-4,6-10,12-14,16-20,22-25H,11,21H2. The molecule has 0 fully saturated rings. The van der Waals surface area contributed by atoms with E-state index >= 15 is 0 Å². The quantitative estimate of drug-likeness (QED) is 0.230. The zero-order valence-electron chi connectivity index (χ0n) is 21.9. The van der Waals surface area contributed by atoms with Crippen LogP contribution in [0.3, 0.4) is 0 Å². The molecule has 0 atom stereocenters. The summed E-state index contributed by atoms with van der Waals surface area (Å²) < 4.78 is 9.36. The highest BCUT2D eigenvalue weighted by Gasteiger charge is 2.28. The highest BCUT2D eigenvalue weighted by atomic mass is 16.3. The number of hydrogen-bond acceptors (Lipinski definition) is 1. The van der Waals surface area contributed by atoms with Crippen LogP contribution in [0, 0.1) is 12.1 Å². The molecule has 8 rings (SSSR count). The monoisotopic (exact) mass is 511 g/mol. The molecule has 2 aromatic heterocycles. The summed E-state index contributed by atoms with van der Waals surface area (Å²) in [6, 6.07) is 46.8. The lowest BCUT2D eigenvalue weighted by Gasteiger charge is -2.13. The minimum absolute atomic E-state index is 0.930. The van der Waals surface area contributed by atoms with E-state index in [0.29, 0.717) is 0 Å². The maximum absolute atomic E-state index is 6.99. The van der Waals surface area contributed by atoms with Gasteiger partial charge in [0.2, 0.25) is 0 Å². The van der Waals surface area contributed by atoms with Crippen molar-refractivity contribution in [2.45, 2.75) is 12.8 Å². The minimum Gasteiger partial charge on any atom is -0.455 e. The third kappa shape index (κ3) is 3.45. The number of rotatable bonds is 4. The molecule has 0 saturated heterocycles. The predicted octanol–water partition coefficient (Wildman–Crippen LogP) is 9.94. The summed E-state index contributed by atoms with van der Waals surface area (Å²) in [5.41, 5.74) is 10.3. The van der Waals surface area contributed by atoms with Gasteiger partial charge in [0.05, 0.1) is 11.0 Å². The maximum atomic E-state index is 6.99. The number of allylic oxidation sites excluding steroid dienone is 1. The van der Waals surface area contributed by atoms with Crippen LogP contribution < -0.4 is 0 Å². The first kappa shape index (κ1) is 22.7. The van der Waals surface area contributed by atoms with E-state index in [4.69, 9.17) is 4.42 Å². The summed E-state index contributed by atoms with van der Waals surface area (Å²) in [5, 5.41) is 2.40. The van der Waals surface area contributed by atoms with E-state index < -0.39 is 0 Å². The van der Waals surface area contributed by atoms with Gasteiger partial charge >= 0.3 is 0 Å². The molecule has 0 radical (unpaired) electrons. The van der Waals surface area contributed by atoms with Gasteiger partial charge in [-0.1, -0.05) is 103 Å². The van der Waals surface area contributed by atoms with E-state index in [9.17, 15) is 0 Å². The van der Waals surface area contributed by atoms with Gasteiger partial charge in [-0.15, -0.1) is 0 Å². The summed E-state index contributed by atoms with van der Waals surface area (Å²) in [6.45, 7) is 0. The van der Waals surface area contributed by atoms with Gasteiger partial charge in [0.15, 0.2) is 0 Å². The largest absolute Gasteiger partial charge is 0.455 e. The number of nitrogens with zero attached hydrogens (tertiary/aromatic N) is 1. The van der Waals surface area contributed by atoms with Crippen LogP contribution in [-0.4, -0.2) is 4.57 Å². The Hall–Kier alpha value is -5.26. The van der Waals surface area contributed by atoms with Crippen molar-refractivity contribution in [3.63, 3.8) is 0 Å². The van der Waals surface area contributed by atoms with Crippen LogP contribution in [0.5, 0.6) is 0 Å². The second kappa shape index (κ2) is 9.19. The maximum Gasteiger partial charge on any atom is 0.142 e. The third-order valence-corrected chi connectivity index (χ3v) is 7.95. The van der Waals surface area contributed by atoms with Crippen LogP contribution in [0.1, 0.15) is 17.5 Å². The van der Waals surface area contributed by atoms with Gasteiger partial charge in [0.1, 0.15) is 11.5 Å². The van der Waals surface area contributed by atoms with E-state index in [1.165, 1.54) is 27.4 Å². The molecule has 1 aliphatic rings. The summed E-state index contributed by atoms with van der Waals surface area (Å²) in [4.78, 5) is 0. The molecule has 40 heavy (non-hydrogen) atoms. The smallest absolute Gasteiger partial charge is 0.142 e. The fourth-order valence-corrected chi connectivity index (χ4v) is 6.22. The van der Waals surface area contributed by atoms with Crippen molar-refractivity contribution >= 4 is 27.9 Å². The molecule has 0 N–H and O–H groups in total. The molecule has 2 heteroatoms. The third-order valence-electron chi connectivity index (χ3n) is 7.95. The molecule has 0 unspecified atom stereocenters. The fourth-order valence-electron chi connectivity index (χ4n) is 6.22. The van der Waals surface area contributed by atoms with Crippen LogP contribution in [0.4, 0.5) is 0 Å². The Balaban J connectivity index is 1.54. The average molecular weight is 512 g/mol. The molecule has 7 aromatic rings. The van der Waals surface area contributed by atoms with Crippen LogP contribution in [-0.2, 0) is 6.42 Å². The molecule has 0 saturated carbocycles. The van der Waals surface area contributed by atoms with E-state index in [2.05, 4.69) is 132 Å². The minimum atomic E-state index is 0.930. The molecule has 0 amide bonds. The molecule has 188 valence electrons. The van der Waals surface area contributed by atoms with Gasteiger partial charge in [-0.05, 0) is 49.2 Å². The van der Waals surface area contributed by atoms with Crippen LogP contribution >= 0.6 is 0 Å². The second-order valence-corrected chi connectivity index (χ2v) is 10.2. The molecule has 0 bridgehead atoms. The van der Waals surface area contributed by atoms with Gasteiger partial charge in [-0.2, -0.15) is 0 Å². The Labute approximate surface area is 233 Å². The molecular weight excluding hydrogens is 486 g/mol. The van der Waals surface area contributed by atoms with E-state index in [1.54, 1.807) is 0 Å². The molecule has 0 spiro atoms. The molecule has 1 aliphatic carbocycles. The van der Waals surface area contributed by atoms with Gasteiger partial charge < -0.3 is 8.98 Å².